The van der Waals surface area contributed by atoms with Gasteiger partial charge < -0.3 is 15.0 Å². The van der Waals surface area contributed by atoms with Crippen molar-refractivity contribution in [3.05, 3.63) is 41.5 Å². The molecule has 0 fully saturated rings. The molecule has 1 aromatic carbocycles. The van der Waals surface area contributed by atoms with Crippen LogP contribution in [0, 0.1) is 6.92 Å². The molecule has 5 heteroatoms. The lowest BCUT2D eigenvalue weighted by Crippen LogP contribution is -2.05. The van der Waals surface area contributed by atoms with E-state index < -0.39 is 0 Å². The first-order valence-electron chi connectivity index (χ1n) is 5.42. The van der Waals surface area contributed by atoms with Gasteiger partial charge in [-0.15, -0.1) is 0 Å². The number of hydrogen-bond acceptors (Lipinski definition) is 5. The van der Waals surface area contributed by atoms with Crippen molar-refractivity contribution in [3.63, 3.8) is 0 Å². The Labute approximate surface area is 99.6 Å². The van der Waals surface area contributed by atoms with Crippen molar-refractivity contribution in [2.24, 2.45) is 5.73 Å². The molecule has 2 aromatic rings. The van der Waals surface area contributed by atoms with Gasteiger partial charge >= 0.3 is 0 Å². The van der Waals surface area contributed by atoms with E-state index in [4.69, 9.17) is 15.0 Å². The summed E-state index contributed by atoms with van der Waals surface area (Å²) in [6.45, 7) is 3.97. The van der Waals surface area contributed by atoms with Crippen LogP contribution < -0.4 is 10.5 Å². The molecule has 2 N–H and O–H groups in total. The van der Waals surface area contributed by atoms with E-state index in [1.807, 2.05) is 31.2 Å². The Hall–Kier alpha value is -1.88. The van der Waals surface area contributed by atoms with Gasteiger partial charge in [0.1, 0.15) is 5.75 Å². The minimum atomic E-state index is -0.00836. The van der Waals surface area contributed by atoms with E-state index in [1.165, 1.54) is 0 Å². The van der Waals surface area contributed by atoms with E-state index >= 15 is 0 Å². The monoisotopic (exact) mass is 233 g/mol. The maximum absolute atomic E-state index is 5.80. The summed E-state index contributed by atoms with van der Waals surface area (Å²) in [5.41, 5.74) is 6.83. The molecule has 0 saturated carbocycles. The molecule has 0 amide bonds. The molecule has 1 heterocycles. The van der Waals surface area contributed by atoms with Crippen molar-refractivity contribution in [2.75, 3.05) is 0 Å². The van der Waals surface area contributed by atoms with Gasteiger partial charge in [-0.1, -0.05) is 17.3 Å². The van der Waals surface area contributed by atoms with Crippen LogP contribution in [0.15, 0.2) is 28.8 Å². The fraction of sp³-hybridized carbons (Fsp3) is 0.333. The molecule has 0 bridgehead atoms. The van der Waals surface area contributed by atoms with Crippen LogP contribution in [0.2, 0.25) is 0 Å². The minimum absolute atomic E-state index is 0.00836. The summed E-state index contributed by atoms with van der Waals surface area (Å²) in [4.78, 5) is 4.06. The number of rotatable bonds is 4. The molecule has 1 atom stereocenters. The molecule has 5 nitrogen and oxygen atoms in total. The number of aromatic nitrogens is 2. The second-order valence-electron chi connectivity index (χ2n) is 3.88. The van der Waals surface area contributed by atoms with Crippen LogP contribution in [-0.2, 0) is 6.61 Å². The second-order valence-corrected chi connectivity index (χ2v) is 3.88. The standard InChI is InChI=1S/C12H15N3O2/c1-8(13)10-4-3-5-11(6-10)16-7-12-14-9(2)17-15-12/h3-6,8H,7,13H2,1-2H3/t8-/m0/s1. The van der Waals surface area contributed by atoms with E-state index in [0.29, 0.717) is 18.3 Å². The summed E-state index contributed by atoms with van der Waals surface area (Å²) in [5, 5.41) is 3.75. The van der Waals surface area contributed by atoms with Crippen LogP contribution >= 0.6 is 0 Å². The minimum Gasteiger partial charge on any atom is -0.485 e. The van der Waals surface area contributed by atoms with E-state index in [1.54, 1.807) is 6.92 Å². The van der Waals surface area contributed by atoms with Gasteiger partial charge in [-0.2, -0.15) is 4.98 Å². The normalized spacial score (nSPS) is 12.4. The van der Waals surface area contributed by atoms with Crippen LogP contribution in [0.25, 0.3) is 0 Å². The van der Waals surface area contributed by atoms with Gasteiger partial charge in [-0.05, 0) is 24.6 Å². The number of ether oxygens (including phenoxy) is 1. The van der Waals surface area contributed by atoms with Crippen molar-refractivity contribution in [1.29, 1.82) is 0 Å². The smallest absolute Gasteiger partial charge is 0.223 e. The Balaban J connectivity index is 2.01. The molecule has 0 radical (unpaired) electrons. The van der Waals surface area contributed by atoms with E-state index in [2.05, 4.69) is 10.1 Å². The first-order chi connectivity index (χ1) is 8.15. The van der Waals surface area contributed by atoms with Crippen molar-refractivity contribution in [2.45, 2.75) is 26.5 Å². The fourth-order valence-electron chi connectivity index (χ4n) is 1.44. The number of aryl methyl sites for hydroxylation is 1. The van der Waals surface area contributed by atoms with Gasteiger partial charge in [0.05, 0.1) is 0 Å². The second kappa shape index (κ2) is 4.97. The molecular formula is C12H15N3O2. The maximum Gasteiger partial charge on any atom is 0.223 e. The maximum atomic E-state index is 5.80. The lowest BCUT2D eigenvalue weighted by atomic mass is 10.1. The third kappa shape index (κ3) is 3.04. The number of nitrogens with zero attached hydrogens (tertiary/aromatic N) is 2. The lowest BCUT2D eigenvalue weighted by Gasteiger charge is -2.08. The van der Waals surface area contributed by atoms with Crippen LogP contribution in [0.5, 0.6) is 5.75 Å². The Kier molecular flexibility index (Phi) is 3.39. The molecule has 0 spiro atoms. The summed E-state index contributed by atoms with van der Waals surface area (Å²) >= 11 is 0. The van der Waals surface area contributed by atoms with Crippen molar-refractivity contribution >= 4 is 0 Å². The highest BCUT2D eigenvalue weighted by atomic mass is 16.5. The molecule has 0 aliphatic carbocycles. The predicted octanol–water partition coefficient (Wildman–Crippen LogP) is 1.98. The Morgan fingerprint density at radius 2 is 2.29 bits per heavy atom. The van der Waals surface area contributed by atoms with Crippen LogP contribution in [0.3, 0.4) is 0 Å². The molecule has 17 heavy (non-hydrogen) atoms. The highest BCUT2D eigenvalue weighted by Crippen LogP contribution is 2.18. The predicted molar refractivity (Wildman–Crippen MR) is 62.4 cm³/mol. The summed E-state index contributed by atoms with van der Waals surface area (Å²) in [6, 6.07) is 7.66. The van der Waals surface area contributed by atoms with Crippen molar-refractivity contribution < 1.29 is 9.26 Å². The van der Waals surface area contributed by atoms with E-state index in [9.17, 15) is 0 Å². The van der Waals surface area contributed by atoms with Gasteiger partial charge in [-0.3, -0.25) is 0 Å². The molecule has 1 aromatic heterocycles. The molecular weight excluding hydrogens is 218 g/mol. The highest BCUT2D eigenvalue weighted by molar-refractivity contribution is 5.30. The third-order valence-electron chi connectivity index (χ3n) is 2.32. The lowest BCUT2D eigenvalue weighted by molar-refractivity contribution is 0.285. The van der Waals surface area contributed by atoms with Gasteiger partial charge in [0, 0.05) is 13.0 Å². The van der Waals surface area contributed by atoms with E-state index in [-0.39, 0.29) is 6.04 Å². The quantitative estimate of drug-likeness (QED) is 0.873. The van der Waals surface area contributed by atoms with Crippen molar-refractivity contribution in [3.8, 4) is 5.75 Å². The topological polar surface area (TPSA) is 74.2 Å². The zero-order valence-corrected chi connectivity index (χ0v) is 9.88. The molecule has 0 saturated heterocycles. The van der Waals surface area contributed by atoms with E-state index in [0.717, 1.165) is 11.3 Å². The first kappa shape index (κ1) is 11.6. The summed E-state index contributed by atoms with van der Waals surface area (Å²) in [6.07, 6.45) is 0. The van der Waals surface area contributed by atoms with Gasteiger partial charge in [0.15, 0.2) is 6.61 Å². The number of nitrogens with two attached hydrogens (primary N) is 1. The average molecular weight is 233 g/mol. The first-order valence-corrected chi connectivity index (χ1v) is 5.42. The molecule has 0 aliphatic rings. The molecule has 0 aliphatic heterocycles. The van der Waals surface area contributed by atoms with Gasteiger partial charge in [-0.25, -0.2) is 0 Å². The average Bonchev–Trinajstić information content (AvgIpc) is 2.73. The van der Waals surface area contributed by atoms with Crippen molar-refractivity contribution in [1.82, 2.24) is 10.1 Å². The van der Waals surface area contributed by atoms with Crippen LogP contribution in [-0.4, -0.2) is 10.1 Å². The Bertz CT molecular complexity index is 494. The third-order valence-corrected chi connectivity index (χ3v) is 2.32. The molecule has 2 rings (SSSR count). The molecule has 90 valence electrons. The summed E-state index contributed by atoms with van der Waals surface area (Å²) in [5.74, 6) is 1.82. The number of benzene rings is 1. The molecule has 0 unspecified atom stereocenters. The van der Waals surface area contributed by atoms with Crippen LogP contribution in [0.4, 0.5) is 0 Å². The zero-order valence-electron chi connectivity index (χ0n) is 9.88. The fourth-order valence-corrected chi connectivity index (χ4v) is 1.44. The van der Waals surface area contributed by atoms with Crippen LogP contribution in [0.1, 0.15) is 30.2 Å². The number of hydrogen-bond donors (Lipinski definition) is 1. The largest absolute Gasteiger partial charge is 0.485 e. The van der Waals surface area contributed by atoms with Gasteiger partial charge in [0.2, 0.25) is 11.7 Å². The Morgan fingerprint density at radius 1 is 1.47 bits per heavy atom. The highest BCUT2D eigenvalue weighted by Gasteiger charge is 2.04. The van der Waals surface area contributed by atoms with Gasteiger partial charge in [0.25, 0.3) is 0 Å². The Morgan fingerprint density at radius 3 is 2.94 bits per heavy atom. The SMILES string of the molecule is Cc1nc(COc2cccc([C@H](C)N)c2)no1. The zero-order chi connectivity index (χ0) is 12.3. The summed E-state index contributed by atoms with van der Waals surface area (Å²) < 4.78 is 10.4. The summed E-state index contributed by atoms with van der Waals surface area (Å²) in [7, 11) is 0.